The lowest BCUT2D eigenvalue weighted by atomic mass is 9.86. The number of nitrogens with one attached hydrogen (secondary N) is 1. The summed E-state index contributed by atoms with van der Waals surface area (Å²) in [6.07, 6.45) is 4.67. The molecule has 2 saturated carbocycles. The van der Waals surface area contributed by atoms with Crippen LogP contribution < -0.4 is 5.32 Å². The summed E-state index contributed by atoms with van der Waals surface area (Å²) in [7, 11) is 0. The van der Waals surface area contributed by atoms with Crippen molar-refractivity contribution in [1.82, 2.24) is 10.2 Å². The Morgan fingerprint density at radius 3 is 2.52 bits per heavy atom. The number of hydrogen-bond acceptors (Lipinski definition) is 3. The van der Waals surface area contributed by atoms with E-state index < -0.39 is 11.4 Å². The van der Waals surface area contributed by atoms with Crippen LogP contribution in [0.15, 0.2) is 0 Å². The molecule has 3 aliphatic rings. The smallest absolute Gasteiger partial charge is 0.317 e. The first kappa shape index (κ1) is 14.6. The second-order valence-electron chi connectivity index (χ2n) is 6.92. The molecule has 2 aliphatic carbocycles. The van der Waals surface area contributed by atoms with E-state index in [2.05, 4.69) is 5.32 Å². The van der Waals surface area contributed by atoms with Gasteiger partial charge in [0.2, 0.25) is 0 Å². The highest BCUT2D eigenvalue weighted by atomic mass is 16.4. The van der Waals surface area contributed by atoms with Gasteiger partial charge in [-0.2, -0.15) is 0 Å². The van der Waals surface area contributed by atoms with E-state index >= 15 is 0 Å². The van der Waals surface area contributed by atoms with Gasteiger partial charge in [-0.15, -0.1) is 0 Å². The summed E-state index contributed by atoms with van der Waals surface area (Å²) in [5, 5.41) is 22.1. The summed E-state index contributed by atoms with van der Waals surface area (Å²) in [4.78, 5) is 25.4. The van der Waals surface area contributed by atoms with Gasteiger partial charge in [0.15, 0.2) is 0 Å². The highest BCUT2D eigenvalue weighted by Gasteiger charge is 2.45. The van der Waals surface area contributed by atoms with Crippen LogP contribution in [-0.2, 0) is 4.79 Å². The van der Waals surface area contributed by atoms with Gasteiger partial charge < -0.3 is 20.4 Å². The van der Waals surface area contributed by atoms with Crippen molar-refractivity contribution in [2.45, 2.75) is 44.6 Å². The number of nitrogens with zero attached hydrogens (tertiary/aromatic N) is 1. The number of carbonyl (C=O) groups is 2. The largest absolute Gasteiger partial charge is 0.481 e. The SMILES string of the molecule is O=C(NCC1(C(=O)O)CCCC1)N1CC2CCC(O)C2C1. The molecule has 0 bridgehead atoms. The van der Waals surface area contributed by atoms with Gasteiger partial charge in [-0.1, -0.05) is 12.8 Å². The minimum atomic E-state index is -0.797. The molecule has 3 rings (SSSR count). The van der Waals surface area contributed by atoms with Crippen molar-refractivity contribution in [2.24, 2.45) is 17.3 Å². The molecule has 0 aromatic carbocycles. The Morgan fingerprint density at radius 2 is 1.90 bits per heavy atom. The third-order valence-electron chi connectivity index (χ3n) is 5.70. The maximum atomic E-state index is 12.2. The second-order valence-corrected chi connectivity index (χ2v) is 6.92. The van der Waals surface area contributed by atoms with Gasteiger partial charge in [0.25, 0.3) is 0 Å². The maximum absolute atomic E-state index is 12.2. The Balaban J connectivity index is 1.54. The fourth-order valence-corrected chi connectivity index (χ4v) is 4.28. The first-order chi connectivity index (χ1) is 10.0. The van der Waals surface area contributed by atoms with Crippen LogP contribution in [0, 0.1) is 17.3 Å². The van der Waals surface area contributed by atoms with Crippen molar-refractivity contribution in [2.75, 3.05) is 19.6 Å². The van der Waals surface area contributed by atoms with E-state index in [9.17, 15) is 19.8 Å². The summed E-state index contributed by atoms with van der Waals surface area (Å²) in [6, 6.07) is -0.177. The number of aliphatic hydroxyl groups excluding tert-OH is 1. The topological polar surface area (TPSA) is 89.9 Å². The summed E-state index contributed by atoms with van der Waals surface area (Å²) in [5.74, 6) is -0.185. The van der Waals surface area contributed by atoms with Crippen LogP contribution in [-0.4, -0.2) is 52.9 Å². The van der Waals surface area contributed by atoms with Crippen molar-refractivity contribution in [3.8, 4) is 0 Å². The van der Waals surface area contributed by atoms with Gasteiger partial charge in [-0.05, 0) is 31.6 Å². The van der Waals surface area contributed by atoms with E-state index in [0.717, 1.165) is 25.7 Å². The van der Waals surface area contributed by atoms with Crippen LogP contribution >= 0.6 is 0 Å². The molecule has 1 heterocycles. The zero-order valence-corrected chi connectivity index (χ0v) is 12.3. The number of amides is 2. The normalized spacial score (nSPS) is 34.0. The Labute approximate surface area is 124 Å². The van der Waals surface area contributed by atoms with Gasteiger partial charge in [-0.3, -0.25) is 4.79 Å². The Bertz CT molecular complexity index is 433. The molecule has 1 aliphatic heterocycles. The molecular weight excluding hydrogens is 272 g/mol. The first-order valence-electron chi connectivity index (χ1n) is 7.96. The van der Waals surface area contributed by atoms with Gasteiger partial charge >= 0.3 is 12.0 Å². The van der Waals surface area contributed by atoms with Crippen molar-refractivity contribution < 1.29 is 19.8 Å². The number of hydrogen-bond donors (Lipinski definition) is 3. The summed E-state index contributed by atoms with van der Waals surface area (Å²) in [6.45, 7) is 1.50. The average Bonchev–Trinajstić information content (AvgIpc) is 3.14. The van der Waals surface area contributed by atoms with Crippen LogP contribution in [0.1, 0.15) is 38.5 Å². The third kappa shape index (κ3) is 2.61. The highest BCUT2D eigenvalue weighted by molar-refractivity contribution is 5.78. The molecule has 0 aromatic rings. The number of urea groups is 1. The molecule has 3 N–H and O–H groups in total. The van der Waals surface area contributed by atoms with Gasteiger partial charge in [-0.25, -0.2) is 4.79 Å². The van der Waals surface area contributed by atoms with Crippen LogP contribution in [0.4, 0.5) is 4.79 Å². The number of aliphatic carboxylic acids is 1. The monoisotopic (exact) mass is 296 g/mol. The van der Waals surface area contributed by atoms with Crippen LogP contribution in [0.3, 0.4) is 0 Å². The molecule has 0 radical (unpaired) electrons. The van der Waals surface area contributed by atoms with Crippen LogP contribution in [0.2, 0.25) is 0 Å². The van der Waals surface area contributed by atoms with E-state index in [-0.39, 0.29) is 24.6 Å². The summed E-state index contributed by atoms with van der Waals surface area (Å²) >= 11 is 0. The average molecular weight is 296 g/mol. The molecular formula is C15H24N2O4. The molecule has 118 valence electrons. The molecule has 3 fully saturated rings. The predicted molar refractivity (Wildman–Crippen MR) is 75.7 cm³/mol. The minimum absolute atomic E-state index is 0.177. The van der Waals surface area contributed by atoms with Crippen molar-refractivity contribution in [3.63, 3.8) is 0 Å². The maximum Gasteiger partial charge on any atom is 0.317 e. The zero-order valence-electron chi connectivity index (χ0n) is 12.3. The van der Waals surface area contributed by atoms with Gasteiger partial charge in [0, 0.05) is 25.6 Å². The van der Waals surface area contributed by atoms with Crippen LogP contribution in [0.5, 0.6) is 0 Å². The van der Waals surface area contributed by atoms with E-state index in [1.807, 2.05) is 0 Å². The minimum Gasteiger partial charge on any atom is -0.481 e. The lowest BCUT2D eigenvalue weighted by molar-refractivity contribution is -0.148. The number of carbonyl (C=O) groups excluding carboxylic acids is 1. The molecule has 0 spiro atoms. The van der Waals surface area contributed by atoms with Gasteiger partial charge in [0.05, 0.1) is 11.5 Å². The Hall–Kier alpha value is -1.30. The van der Waals surface area contributed by atoms with E-state index in [4.69, 9.17) is 0 Å². The molecule has 2 amide bonds. The van der Waals surface area contributed by atoms with Crippen molar-refractivity contribution in [3.05, 3.63) is 0 Å². The first-order valence-corrected chi connectivity index (χ1v) is 7.96. The number of aliphatic hydroxyl groups is 1. The van der Waals surface area contributed by atoms with Crippen molar-refractivity contribution >= 4 is 12.0 Å². The van der Waals surface area contributed by atoms with E-state index in [1.165, 1.54) is 0 Å². The Morgan fingerprint density at radius 1 is 1.19 bits per heavy atom. The number of likely N-dealkylation sites (tertiary alicyclic amines) is 1. The quantitative estimate of drug-likeness (QED) is 0.726. The standard InChI is InChI=1S/C15H24N2O4/c18-12-4-3-10-7-17(8-11(10)12)14(21)16-9-15(13(19)20)5-1-2-6-15/h10-12,18H,1-9H2,(H,16,21)(H,19,20). The van der Waals surface area contributed by atoms with Gasteiger partial charge in [0.1, 0.15) is 0 Å². The molecule has 3 atom stereocenters. The van der Waals surface area contributed by atoms with E-state index in [0.29, 0.717) is 31.8 Å². The molecule has 1 saturated heterocycles. The van der Waals surface area contributed by atoms with E-state index in [1.54, 1.807) is 4.90 Å². The van der Waals surface area contributed by atoms with Crippen molar-refractivity contribution in [1.29, 1.82) is 0 Å². The van der Waals surface area contributed by atoms with Crippen LogP contribution in [0.25, 0.3) is 0 Å². The number of rotatable bonds is 3. The number of fused-ring (bicyclic) bond motifs is 1. The highest BCUT2D eigenvalue weighted by Crippen LogP contribution is 2.39. The molecule has 3 unspecified atom stereocenters. The third-order valence-corrected chi connectivity index (χ3v) is 5.70. The Kier molecular flexibility index (Phi) is 3.82. The second kappa shape index (κ2) is 5.48. The summed E-state index contributed by atoms with van der Waals surface area (Å²) in [5.41, 5.74) is -0.773. The lowest BCUT2D eigenvalue weighted by Gasteiger charge is -2.26. The fourth-order valence-electron chi connectivity index (χ4n) is 4.28. The number of carboxylic acids is 1. The predicted octanol–water partition coefficient (Wildman–Crippen LogP) is 1.04. The lowest BCUT2D eigenvalue weighted by Crippen LogP contribution is -2.46. The number of carboxylic acid groups (broad SMARTS) is 1. The molecule has 0 aromatic heterocycles. The molecule has 6 heteroatoms. The molecule has 6 nitrogen and oxygen atoms in total. The zero-order chi connectivity index (χ0) is 15.0. The fraction of sp³-hybridized carbons (Fsp3) is 0.867. The molecule has 21 heavy (non-hydrogen) atoms. The summed E-state index contributed by atoms with van der Waals surface area (Å²) < 4.78 is 0.